The van der Waals surface area contributed by atoms with Crippen molar-refractivity contribution in [2.75, 3.05) is 7.05 Å². The highest BCUT2D eigenvalue weighted by molar-refractivity contribution is 4.94. The summed E-state index contributed by atoms with van der Waals surface area (Å²) in [7, 11) is 2.13. The van der Waals surface area contributed by atoms with Crippen LogP contribution in [0, 0.1) is 0 Å². The van der Waals surface area contributed by atoms with Gasteiger partial charge in [-0.3, -0.25) is 0 Å². The van der Waals surface area contributed by atoms with Gasteiger partial charge in [-0.15, -0.1) is 0 Å². The van der Waals surface area contributed by atoms with Gasteiger partial charge in [0.15, 0.2) is 0 Å². The van der Waals surface area contributed by atoms with Gasteiger partial charge in [0, 0.05) is 7.05 Å². The number of hydrogen-bond donors (Lipinski definition) is 1. The molecule has 10 heavy (non-hydrogen) atoms. The van der Waals surface area contributed by atoms with Gasteiger partial charge < -0.3 is 0 Å². The highest BCUT2D eigenvalue weighted by Crippen LogP contribution is 2.32. The Labute approximate surface area is 63.6 Å². The summed E-state index contributed by atoms with van der Waals surface area (Å²) >= 11 is 0. The largest absolute Gasteiger partial charge is 0.232 e. The number of rotatable bonds is 4. The van der Waals surface area contributed by atoms with E-state index < -0.39 is 0 Å². The maximum Gasteiger partial charge on any atom is 0.0970 e. The zero-order valence-corrected chi connectivity index (χ0v) is 7.28. The smallest absolute Gasteiger partial charge is 0.0970 e. The van der Waals surface area contributed by atoms with Crippen LogP contribution in [-0.4, -0.2) is 17.7 Å². The van der Waals surface area contributed by atoms with Crippen LogP contribution in [0.4, 0.5) is 0 Å². The van der Waals surface area contributed by atoms with Gasteiger partial charge in [0.1, 0.15) is 0 Å². The second kappa shape index (κ2) is 2.89. The van der Waals surface area contributed by atoms with Gasteiger partial charge in [0.05, 0.1) is 5.66 Å². The molecule has 0 aromatic rings. The zero-order valence-electron chi connectivity index (χ0n) is 7.28. The standard InChI is InChI=1S/C8H18N2/c1-4-6-8(7-5-2)9-10(8)3/h9H,4-7H2,1-3H3. The molecule has 1 N–H and O–H groups in total. The molecule has 0 radical (unpaired) electrons. The molecule has 0 aromatic heterocycles. The van der Waals surface area contributed by atoms with E-state index in [4.69, 9.17) is 0 Å². The van der Waals surface area contributed by atoms with Crippen molar-refractivity contribution in [1.29, 1.82) is 0 Å². The van der Waals surface area contributed by atoms with Crippen LogP contribution in [0.3, 0.4) is 0 Å². The molecule has 2 heteroatoms. The minimum atomic E-state index is 0.392. The number of hydrogen-bond acceptors (Lipinski definition) is 2. The predicted molar refractivity (Wildman–Crippen MR) is 43.4 cm³/mol. The minimum absolute atomic E-state index is 0.392. The zero-order chi connectivity index (χ0) is 7.61. The average Bonchev–Trinajstić information content (AvgIpc) is 2.44. The molecule has 0 bridgehead atoms. The van der Waals surface area contributed by atoms with E-state index in [0.29, 0.717) is 5.66 Å². The summed E-state index contributed by atoms with van der Waals surface area (Å²) in [5, 5.41) is 2.24. The molecule has 2 nitrogen and oxygen atoms in total. The predicted octanol–water partition coefficient (Wildman–Crippen LogP) is 1.73. The van der Waals surface area contributed by atoms with E-state index in [1.54, 1.807) is 0 Å². The first-order valence-electron chi connectivity index (χ1n) is 4.27. The van der Waals surface area contributed by atoms with Crippen LogP contribution in [0.25, 0.3) is 0 Å². The van der Waals surface area contributed by atoms with Crippen LogP contribution >= 0.6 is 0 Å². The van der Waals surface area contributed by atoms with Crippen molar-refractivity contribution in [3.8, 4) is 0 Å². The van der Waals surface area contributed by atoms with Crippen molar-refractivity contribution in [3.63, 3.8) is 0 Å². The van der Waals surface area contributed by atoms with Crippen molar-refractivity contribution in [2.45, 2.75) is 45.2 Å². The summed E-state index contributed by atoms with van der Waals surface area (Å²) in [6, 6.07) is 0. The Balaban J connectivity index is 2.31. The Bertz CT molecular complexity index is 106. The molecule has 0 saturated carbocycles. The summed E-state index contributed by atoms with van der Waals surface area (Å²) in [5.74, 6) is 0. The Morgan fingerprint density at radius 2 is 1.60 bits per heavy atom. The molecule has 1 aliphatic heterocycles. The summed E-state index contributed by atoms with van der Waals surface area (Å²) in [6.07, 6.45) is 5.13. The molecular weight excluding hydrogens is 124 g/mol. The molecule has 0 amide bonds. The molecule has 1 heterocycles. The normalized spacial score (nSPS) is 28.5. The first-order valence-corrected chi connectivity index (χ1v) is 4.27. The van der Waals surface area contributed by atoms with Gasteiger partial charge in [-0.25, -0.2) is 10.4 Å². The van der Waals surface area contributed by atoms with E-state index in [-0.39, 0.29) is 0 Å². The maximum absolute atomic E-state index is 3.38. The molecule has 0 aromatic carbocycles. The van der Waals surface area contributed by atoms with Crippen LogP contribution < -0.4 is 5.43 Å². The van der Waals surface area contributed by atoms with Crippen molar-refractivity contribution in [3.05, 3.63) is 0 Å². The van der Waals surface area contributed by atoms with Gasteiger partial charge in [0.25, 0.3) is 0 Å². The lowest BCUT2D eigenvalue weighted by atomic mass is 10.0. The van der Waals surface area contributed by atoms with Crippen LogP contribution in [0.15, 0.2) is 0 Å². The van der Waals surface area contributed by atoms with Gasteiger partial charge in [-0.1, -0.05) is 26.7 Å². The van der Waals surface area contributed by atoms with Crippen molar-refractivity contribution in [1.82, 2.24) is 10.4 Å². The highest BCUT2D eigenvalue weighted by Gasteiger charge is 2.46. The second-order valence-corrected chi connectivity index (χ2v) is 3.20. The molecule has 60 valence electrons. The van der Waals surface area contributed by atoms with E-state index in [2.05, 4.69) is 31.3 Å². The molecule has 1 rings (SSSR count). The summed E-state index contributed by atoms with van der Waals surface area (Å²) in [4.78, 5) is 0. The number of nitrogens with zero attached hydrogens (tertiary/aromatic N) is 1. The quantitative estimate of drug-likeness (QED) is 0.605. The molecule has 1 saturated heterocycles. The minimum Gasteiger partial charge on any atom is -0.232 e. The fourth-order valence-corrected chi connectivity index (χ4v) is 1.69. The molecule has 1 fully saturated rings. The lowest BCUT2D eigenvalue weighted by Crippen LogP contribution is -2.17. The van der Waals surface area contributed by atoms with Crippen molar-refractivity contribution in [2.24, 2.45) is 0 Å². The molecule has 1 atom stereocenters. The Kier molecular flexibility index (Phi) is 2.32. The van der Waals surface area contributed by atoms with E-state index in [9.17, 15) is 0 Å². The molecule has 0 spiro atoms. The lowest BCUT2D eigenvalue weighted by Gasteiger charge is -2.09. The fourth-order valence-electron chi connectivity index (χ4n) is 1.69. The topological polar surface area (TPSA) is 25.0 Å². The summed E-state index contributed by atoms with van der Waals surface area (Å²) in [5.41, 5.74) is 3.77. The number of nitrogens with one attached hydrogen (secondary N) is 1. The highest BCUT2D eigenvalue weighted by atomic mass is 15.8. The van der Waals surface area contributed by atoms with Crippen LogP contribution in [-0.2, 0) is 0 Å². The first kappa shape index (κ1) is 8.02. The van der Waals surface area contributed by atoms with Gasteiger partial charge >= 0.3 is 0 Å². The molecular formula is C8H18N2. The van der Waals surface area contributed by atoms with E-state index in [0.717, 1.165) is 0 Å². The van der Waals surface area contributed by atoms with E-state index in [1.807, 2.05) is 0 Å². The molecule has 1 aliphatic rings. The van der Waals surface area contributed by atoms with E-state index in [1.165, 1.54) is 25.7 Å². The maximum atomic E-state index is 3.38. The van der Waals surface area contributed by atoms with Crippen molar-refractivity contribution >= 4 is 0 Å². The van der Waals surface area contributed by atoms with Crippen LogP contribution in [0.1, 0.15) is 39.5 Å². The van der Waals surface area contributed by atoms with Crippen LogP contribution in [0.2, 0.25) is 0 Å². The second-order valence-electron chi connectivity index (χ2n) is 3.20. The van der Waals surface area contributed by atoms with Crippen LogP contribution in [0.5, 0.6) is 0 Å². The fraction of sp³-hybridized carbons (Fsp3) is 1.00. The average molecular weight is 142 g/mol. The SMILES string of the molecule is CCCC1(CCC)NN1C. The Morgan fingerprint density at radius 3 is 1.80 bits per heavy atom. The van der Waals surface area contributed by atoms with Gasteiger partial charge in [-0.05, 0) is 12.8 Å². The van der Waals surface area contributed by atoms with Gasteiger partial charge in [-0.2, -0.15) is 0 Å². The third-order valence-corrected chi connectivity index (χ3v) is 2.30. The first-order chi connectivity index (χ1) is 4.75. The summed E-state index contributed by atoms with van der Waals surface area (Å²) < 4.78 is 0. The molecule has 1 unspecified atom stereocenters. The van der Waals surface area contributed by atoms with Gasteiger partial charge in [0.2, 0.25) is 0 Å². The Morgan fingerprint density at radius 1 is 1.20 bits per heavy atom. The molecule has 0 aliphatic carbocycles. The number of hydrazine groups is 1. The third-order valence-electron chi connectivity index (χ3n) is 2.30. The van der Waals surface area contributed by atoms with Crippen molar-refractivity contribution < 1.29 is 0 Å². The lowest BCUT2D eigenvalue weighted by molar-refractivity contribution is 0.401. The summed E-state index contributed by atoms with van der Waals surface area (Å²) in [6.45, 7) is 4.48. The Hall–Kier alpha value is -0.0800. The monoisotopic (exact) mass is 142 g/mol. The third kappa shape index (κ3) is 1.32. The van der Waals surface area contributed by atoms with E-state index >= 15 is 0 Å².